The largest absolute Gasteiger partial charge is 0.369 e. The Hall–Kier alpha value is -2.13. The summed E-state index contributed by atoms with van der Waals surface area (Å²) in [5, 5.41) is 0.380. The van der Waals surface area contributed by atoms with Gasteiger partial charge in [0.05, 0.1) is 16.7 Å². The van der Waals surface area contributed by atoms with Crippen molar-refractivity contribution < 1.29 is 22.8 Å². The van der Waals surface area contributed by atoms with Crippen molar-refractivity contribution >= 4 is 39.2 Å². The van der Waals surface area contributed by atoms with Crippen molar-refractivity contribution in [2.24, 2.45) is 23.0 Å². The van der Waals surface area contributed by atoms with E-state index in [0.29, 0.717) is 56.9 Å². The Balaban J connectivity index is 1.20. The highest BCUT2D eigenvalue weighted by atomic mass is 35.5. The standard InChI is InChI=1S/C22H26ClN3O5S/c1-32(30,31)17-6-15(23)2-3-16(17)21-10-22(11-21,12-21)18(27)14-8-26(9-14)20(29)25-5-4-13(7-25)19(24)28/h2-3,6,13-14H,4-5,7-12H2,1H3,(H2,24,28)/t13-,21?,22?/m0/s1. The summed E-state index contributed by atoms with van der Waals surface area (Å²) < 4.78 is 24.5. The number of nitrogens with zero attached hydrogens (tertiary/aromatic N) is 2. The van der Waals surface area contributed by atoms with Crippen LogP contribution in [0, 0.1) is 17.3 Å². The third-order valence-corrected chi connectivity index (χ3v) is 9.22. The molecule has 0 spiro atoms. The molecule has 0 aromatic heterocycles. The molecule has 2 saturated heterocycles. The van der Waals surface area contributed by atoms with Gasteiger partial charge in [-0.05, 0) is 48.8 Å². The number of hydrogen-bond donors (Lipinski definition) is 1. The van der Waals surface area contributed by atoms with Gasteiger partial charge < -0.3 is 15.5 Å². The second-order valence-electron chi connectivity index (χ2n) is 10.1. The van der Waals surface area contributed by atoms with E-state index in [9.17, 15) is 22.8 Å². The second kappa shape index (κ2) is 6.93. The van der Waals surface area contributed by atoms with Gasteiger partial charge in [0, 0.05) is 42.9 Å². The highest BCUT2D eigenvalue weighted by molar-refractivity contribution is 7.90. The highest BCUT2D eigenvalue weighted by Crippen LogP contribution is 2.75. The minimum absolute atomic E-state index is 0.133. The lowest BCUT2D eigenvalue weighted by Crippen LogP contribution is -2.71. The van der Waals surface area contributed by atoms with Crippen molar-refractivity contribution in [1.82, 2.24) is 9.80 Å². The SMILES string of the molecule is CS(=O)(=O)c1cc(Cl)ccc1C12CC(C(=O)C3CN(C(=O)N4CC[C@H](C(N)=O)C4)C3)(C1)C2. The molecule has 1 aromatic rings. The molecule has 2 bridgehead atoms. The first kappa shape index (κ1) is 21.7. The van der Waals surface area contributed by atoms with Crippen LogP contribution in [0.3, 0.4) is 0 Å². The summed E-state index contributed by atoms with van der Waals surface area (Å²) in [5.41, 5.74) is 5.45. The minimum Gasteiger partial charge on any atom is -0.369 e. The molecule has 8 nitrogen and oxygen atoms in total. The Morgan fingerprint density at radius 1 is 1.06 bits per heavy atom. The number of carbonyl (C=O) groups excluding carboxylic acids is 3. The van der Waals surface area contributed by atoms with E-state index in [-0.39, 0.29) is 45.3 Å². The highest BCUT2D eigenvalue weighted by Gasteiger charge is 2.73. The maximum atomic E-state index is 13.2. The summed E-state index contributed by atoms with van der Waals surface area (Å²) in [6.07, 6.45) is 3.72. The summed E-state index contributed by atoms with van der Waals surface area (Å²) in [7, 11) is -3.42. The zero-order valence-corrected chi connectivity index (χ0v) is 19.4. The first-order chi connectivity index (χ1) is 14.9. The van der Waals surface area contributed by atoms with Crippen LogP contribution in [0.15, 0.2) is 23.1 Å². The number of benzene rings is 1. The molecule has 1 aromatic carbocycles. The van der Waals surface area contributed by atoms with E-state index < -0.39 is 9.84 Å². The van der Waals surface area contributed by atoms with Gasteiger partial charge in [-0.2, -0.15) is 0 Å². The van der Waals surface area contributed by atoms with E-state index in [1.807, 2.05) is 0 Å². The van der Waals surface area contributed by atoms with Crippen molar-refractivity contribution in [2.75, 3.05) is 32.4 Å². The molecule has 6 rings (SSSR count). The summed E-state index contributed by atoms with van der Waals surface area (Å²) in [4.78, 5) is 40.7. The van der Waals surface area contributed by atoms with Gasteiger partial charge in [-0.3, -0.25) is 9.59 Å². The van der Waals surface area contributed by atoms with Crippen molar-refractivity contribution in [2.45, 2.75) is 36.0 Å². The predicted molar refractivity (Wildman–Crippen MR) is 117 cm³/mol. The lowest BCUT2D eigenvalue weighted by molar-refractivity contribution is -0.182. The molecule has 3 amide bonds. The summed E-state index contributed by atoms with van der Waals surface area (Å²) in [6, 6.07) is 4.85. The number of sulfone groups is 1. The topological polar surface area (TPSA) is 118 Å². The van der Waals surface area contributed by atoms with Crippen LogP contribution < -0.4 is 5.73 Å². The molecule has 2 N–H and O–H groups in total. The van der Waals surface area contributed by atoms with E-state index in [0.717, 1.165) is 5.56 Å². The number of nitrogens with two attached hydrogens (primary N) is 1. The molecule has 5 fully saturated rings. The number of Topliss-reactive ketones (excluding diaryl/α,β-unsaturated/α-hetero) is 1. The maximum absolute atomic E-state index is 13.2. The summed E-state index contributed by atoms with van der Waals surface area (Å²) >= 11 is 6.03. The predicted octanol–water partition coefficient (Wildman–Crippen LogP) is 1.59. The molecule has 2 aliphatic heterocycles. The summed E-state index contributed by atoms with van der Waals surface area (Å²) in [6.45, 7) is 1.66. The van der Waals surface area contributed by atoms with Crippen LogP contribution in [-0.4, -0.2) is 68.4 Å². The molecule has 3 saturated carbocycles. The average molecular weight is 480 g/mol. The molecule has 1 atom stereocenters. The lowest BCUT2D eigenvalue weighted by atomic mass is 9.31. The number of rotatable bonds is 5. The van der Waals surface area contributed by atoms with Gasteiger partial charge in [-0.15, -0.1) is 0 Å². The normalized spacial score (nSPS) is 31.5. The Morgan fingerprint density at radius 2 is 1.69 bits per heavy atom. The van der Waals surface area contributed by atoms with E-state index in [1.165, 1.54) is 12.3 Å². The molecule has 10 heteroatoms. The van der Waals surface area contributed by atoms with E-state index in [1.54, 1.807) is 21.9 Å². The van der Waals surface area contributed by atoms with Gasteiger partial charge in [0.15, 0.2) is 9.84 Å². The Labute approximate surface area is 192 Å². The molecular formula is C22H26ClN3O5S. The average Bonchev–Trinajstić information content (AvgIpc) is 3.09. The Bertz CT molecular complexity index is 1120. The number of halogens is 1. The van der Waals surface area contributed by atoms with Crippen LogP contribution in [0.4, 0.5) is 4.79 Å². The van der Waals surface area contributed by atoms with Gasteiger partial charge in [0.2, 0.25) is 5.91 Å². The van der Waals surface area contributed by atoms with E-state index in [2.05, 4.69) is 0 Å². The Kier molecular flexibility index (Phi) is 4.70. The van der Waals surface area contributed by atoms with E-state index >= 15 is 0 Å². The van der Waals surface area contributed by atoms with Gasteiger partial charge in [0.1, 0.15) is 5.78 Å². The van der Waals surface area contributed by atoms with Crippen molar-refractivity contribution in [3.8, 4) is 0 Å². The third-order valence-electron chi connectivity index (χ3n) is 7.85. The molecular weight excluding hydrogens is 454 g/mol. The maximum Gasteiger partial charge on any atom is 0.320 e. The van der Waals surface area contributed by atoms with Crippen LogP contribution in [0.1, 0.15) is 31.2 Å². The lowest BCUT2D eigenvalue weighted by Gasteiger charge is -2.71. The van der Waals surface area contributed by atoms with Crippen molar-refractivity contribution in [3.63, 3.8) is 0 Å². The first-order valence-electron chi connectivity index (χ1n) is 10.8. The molecule has 0 unspecified atom stereocenters. The number of urea groups is 1. The zero-order valence-electron chi connectivity index (χ0n) is 17.8. The third kappa shape index (κ3) is 3.15. The fraction of sp³-hybridized carbons (Fsp3) is 0.591. The fourth-order valence-corrected chi connectivity index (χ4v) is 7.44. The molecule has 32 heavy (non-hydrogen) atoms. The van der Waals surface area contributed by atoms with Gasteiger partial charge in [-0.25, -0.2) is 13.2 Å². The van der Waals surface area contributed by atoms with Crippen LogP contribution in [0.2, 0.25) is 5.02 Å². The van der Waals surface area contributed by atoms with Crippen LogP contribution in [0.5, 0.6) is 0 Å². The second-order valence-corrected chi connectivity index (χ2v) is 12.5. The molecule has 5 aliphatic rings. The summed E-state index contributed by atoms with van der Waals surface area (Å²) in [5.74, 6) is -0.658. The first-order valence-corrected chi connectivity index (χ1v) is 13.1. The Morgan fingerprint density at radius 3 is 2.25 bits per heavy atom. The van der Waals surface area contributed by atoms with Crippen molar-refractivity contribution in [1.29, 1.82) is 0 Å². The number of likely N-dealkylation sites (tertiary alicyclic amines) is 2. The molecule has 0 radical (unpaired) electrons. The van der Waals surface area contributed by atoms with Crippen LogP contribution in [-0.2, 0) is 24.8 Å². The van der Waals surface area contributed by atoms with Gasteiger partial charge >= 0.3 is 6.03 Å². The van der Waals surface area contributed by atoms with Crippen LogP contribution in [0.25, 0.3) is 0 Å². The van der Waals surface area contributed by atoms with Crippen molar-refractivity contribution in [3.05, 3.63) is 28.8 Å². The van der Waals surface area contributed by atoms with Gasteiger partial charge in [0.25, 0.3) is 0 Å². The number of hydrogen-bond acceptors (Lipinski definition) is 5. The number of amides is 3. The number of primary amides is 1. The molecule has 172 valence electrons. The van der Waals surface area contributed by atoms with Gasteiger partial charge in [-0.1, -0.05) is 17.7 Å². The van der Waals surface area contributed by atoms with Crippen LogP contribution >= 0.6 is 11.6 Å². The minimum atomic E-state index is -3.42. The number of carbonyl (C=O) groups is 3. The van der Waals surface area contributed by atoms with E-state index in [4.69, 9.17) is 17.3 Å². The monoisotopic (exact) mass is 479 g/mol. The quantitative estimate of drug-likeness (QED) is 0.688. The smallest absolute Gasteiger partial charge is 0.320 e. The fourth-order valence-electron chi connectivity index (χ4n) is 6.18. The molecule has 3 aliphatic carbocycles. The number of ketones is 1. The zero-order chi connectivity index (χ0) is 23.1. The molecule has 2 heterocycles.